The molecule has 18 heavy (non-hydrogen) atoms. The van der Waals surface area contributed by atoms with Gasteiger partial charge in [-0.2, -0.15) is 0 Å². The Labute approximate surface area is 104 Å². The molecule has 98 valence electrons. The van der Waals surface area contributed by atoms with E-state index in [0.717, 1.165) is 12.8 Å². The van der Waals surface area contributed by atoms with Crippen molar-refractivity contribution in [3.05, 3.63) is 23.5 Å². The molecule has 0 saturated heterocycles. The van der Waals surface area contributed by atoms with Crippen LogP contribution in [0.2, 0.25) is 0 Å². The maximum atomic E-state index is 13.4. The number of rotatable bonds is 5. The van der Waals surface area contributed by atoms with Gasteiger partial charge in [-0.15, -0.1) is 0 Å². The summed E-state index contributed by atoms with van der Waals surface area (Å²) < 4.78 is 24.2. The highest BCUT2D eigenvalue weighted by molar-refractivity contribution is 5.77. The molecule has 1 N–H and O–H groups in total. The van der Waals surface area contributed by atoms with Crippen LogP contribution in [0.15, 0.2) is 12.1 Å². The van der Waals surface area contributed by atoms with E-state index in [1.54, 1.807) is 0 Å². The zero-order valence-electron chi connectivity index (χ0n) is 10.3. The van der Waals surface area contributed by atoms with E-state index >= 15 is 0 Å². The fourth-order valence-electron chi connectivity index (χ4n) is 1.67. The van der Waals surface area contributed by atoms with Crippen LogP contribution in [0.25, 0.3) is 0 Å². The Balaban J connectivity index is 2.45. The first kappa shape index (κ1) is 12.7. The molecule has 0 heterocycles. The SMILES string of the molecule is COc1cc(F)cc(C(C)C(=O)O)c1OC1CC1. The van der Waals surface area contributed by atoms with Crippen molar-refractivity contribution < 1.29 is 23.8 Å². The summed E-state index contributed by atoms with van der Waals surface area (Å²) in [5.41, 5.74) is 0.311. The van der Waals surface area contributed by atoms with E-state index < -0.39 is 17.7 Å². The summed E-state index contributed by atoms with van der Waals surface area (Å²) in [6.45, 7) is 1.50. The zero-order chi connectivity index (χ0) is 13.3. The highest BCUT2D eigenvalue weighted by atomic mass is 19.1. The van der Waals surface area contributed by atoms with Gasteiger partial charge in [-0.1, -0.05) is 0 Å². The molecule has 1 aromatic rings. The maximum absolute atomic E-state index is 13.4. The molecule has 0 aromatic heterocycles. The van der Waals surface area contributed by atoms with Crippen LogP contribution in [0.4, 0.5) is 4.39 Å². The number of carboxylic acid groups (broad SMARTS) is 1. The molecular formula is C13H15FO4. The second kappa shape index (κ2) is 4.84. The van der Waals surface area contributed by atoms with Crippen LogP contribution in [-0.4, -0.2) is 24.3 Å². The fraction of sp³-hybridized carbons (Fsp3) is 0.462. The van der Waals surface area contributed by atoms with Crippen molar-refractivity contribution in [2.24, 2.45) is 0 Å². The van der Waals surface area contributed by atoms with Gasteiger partial charge in [0.05, 0.1) is 19.1 Å². The number of hydrogen-bond acceptors (Lipinski definition) is 3. The number of ether oxygens (including phenoxy) is 2. The smallest absolute Gasteiger partial charge is 0.310 e. The predicted octanol–water partition coefficient (Wildman–Crippen LogP) is 2.56. The van der Waals surface area contributed by atoms with Crippen LogP contribution in [0.1, 0.15) is 31.2 Å². The van der Waals surface area contributed by atoms with Crippen LogP contribution in [-0.2, 0) is 4.79 Å². The van der Waals surface area contributed by atoms with E-state index in [9.17, 15) is 9.18 Å². The van der Waals surface area contributed by atoms with Gasteiger partial charge in [0.15, 0.2) is 11.5 Å². The van der Waals surface area contributed by atoms with Crippen molar-refractivity contribution >= 4 is 5.97 Å². The molecule has 0 amide bonds. The van der Waals surface area contributed by atoms with Crippen molar-refractivity contribution in [1.82, 2.24) is 0 Å². The summed E-state index contributed by atoms with van der Waals surface area (Å²) in [5, 5.41) is 9.05. The van der Waals surface area contributed by atoms with E-state index in [4.69, 9.17) is 14.6 Å². The van der Waals surface area contributed by atoms with Crippen molar-refractivity contribution in [2.75, 3.05) is 7.11 Å². The van der Waals surface area contributed by atoms with Crippen LogP contribution in [0.3, 0.4) is 0 Å². The van der Waals surface area contributed by atoms with Gasteiger partial charge in [0.2, 0.25) is 0 Å². The van der Waals surface area contributed by atoms with Gasteiger partial charge >= 0.3 is 5.97 Å². The van der Waals surface area contributed by atoms with Crippen LogP contribution >= 0.6 is 0 Å². The summed E-state index contributed by atoms with van der Waals surface area (Å²) in [4.78, 5) is 11.0. The van der Waals surface area contributed by atoms with Gasteiger partial charge < -0.3 is 14.6 Å². The first-order valence-electron chi connectivity index (χ1n) is 5.79. The van der Waals surface area contributed by atoms with Gasteiger partial charge in [0, 0.05) is 11.6 Å². The Hall–Kier alpha value is -1.78. The highest BCUT2D eigenvalue weighted by Gasteiger charge is 2.29. The van der Waals surface area contributed by atoms with E-state index in [1.807, 2.05) is 0 Å². The Morgan fingerprint density at radius 3 is 2.67 bits per heavy atom. The van der Waals surface area contributed by atoms with Crippen LogP contribution < -0.4 is 9.47 Å². The average molecular weight is 254 g/mol. The standard InChI is InChI=1S/C13H15FO4/c1-7(13(15)16)10-5-8(14)6-11(17-2)12(10)18-9-3-4-9/h5-7,9H,3-4H2,1-2H3,(H,15,16). The van der Waals surface area contributed by atoms with Crippen molar-refractivity contribution in [2.45, 2.75) is 31.8 Å². The Bertz CT molecular complexity index is 468. The van der Waals surface area contributed by atoms with E-state index in [-0.39, 0.29) is 11.9 Å². The summed E-state index contributed by atoms with van der Waals surface area (Å²) in [7, 11) is 1.41. The molecular weight excluding hydrogens is 239 g/mol. The average Bonchev–Trinajstić information content (AvgIpc) is 3.13. The Morgan fingerprint density at radius 2 is 2.17 bits per heavy atom. The molecule has 1 aliphatic carbocycles. The molecule has 0 bridgehead atoms. The minimum absolute atomic E-state index is 0.0871. The lowest BCUT2D eigenvalue weighted by Crippen LogP contribution is -2.11. The van der Waals surface area contributed by atoms with E-state index in [2.05, 4.69) is 0 Å². The lowest BCUT2D eigenvalue weighted by atomic mass is 9.99. The van der Waals surface area contributed by atoms with Gasteiger partial charge in [-0.3, -0.25) is 4.79 Å². The third-order valence-corrected chi connectivity index (χ3v) is 2.91. The first-order valence-corrected chi connectivity index (χ1v) is 5.79. The molecule has 1 aliphatic rings. The molecule has 0 aliphatic heterocycles. The van der Waals surface area contributed by atoms with Crippen LogP contribution in [0, 0.1) is 5.82 Å². The second-order valence-corrected chi connectivity index (χ2v) is 4.40. The monoisotopic (exact) mass is 254 g/mol. The summed E-state index contributed by atoms with van der Waals surface area (Å²) >= 11 is 0. The number of hydrogen-bond donors (Lipinski definition) is 1. The number of benzene rings is 1. The minimum atomic E-state index is -1.02. The maximum Gasteiger partial charge on any atom is 0.310 e. The molecule has 2 rings (SSSR count). The van der Waals surface area contributed by atoms with E-state index in [0.29, 0.717) is 11.3 Å². The molecule has 0 spiro atoms. The molecule has 1 unspecified atom stereocenters. The van der Waals surface area contributed by atoms with Gasteiger partial charge in [0.25, 0.3) is 0 Å². The number of methoxy groups -OCH3 is 1. The summed E-state index contributed by atoms with van der Waals surface area (Å²) in [6, 6.07) is 2.40. The molecule has 1 atom stereocenters. The van der Waals surface area contributed by atoms with Crippen molar-refractivity contribution in [3.63, 3.8) is 0 Å². The fourth-order valence-corrected chi connectivity index (χ4v) is 1.67. The molecule has 1 aromatic carbocycles. The molecule has 1 saturated carbocycles. The Morgan fingerprint density at radius 1 is 1.50 bits per heavy atom. The molecule has 5 heteroatoms. The summed E-state index contributed by atoms with van der Waals surface area (Å²) in [5.74, 6) is -1.81. The third-order valence-electron chi connectivity index (χ3n) is 2.91. The third kappa shape index (κ3) is 2.55. The number of aliphatic carboxylic acids is 1. The number of carbonyl (C=O) groups is 1. The lowest BCUT2D eigenvalue weighted by Gasteiger charge is -2.17. The van der Waals surface area contributed by atoms with Gasteiger partial charge in [0.1, 0.15) is 5.82 Å². The lowest BCUT2D eigenvalue weighted by molar-refractivity contribution is -0.138. The highest BCUT2D eigenvalue weighted by Crippen LogP contribution is 2.40. The van der Waals surface area contributed by atoms with Gasteiger partial charge in [-0.05, 0) is 25.8 Å². The summed E-state index contributed by atoms with van der Waals surface area (Å²) in [6.07, 6.45) is 1.95. The van der Waals surface area contributed by atoms with Crippen molar-refractivity contribution in [1.29, 1.82) is 0 Å². The van der Waals surface area contributed by atoms with Crippen molar-refractivity contribution in [3.8, 4) is 11.5 Å². The molecule has 4 nitrogen and oxygen atoms in total. The first-order chi connectivity index (χ1) is 8.52. The predicted molar refractivity (Wildman–Crippen MR) is 62.7 cm³/mol. The van der Waals surface area contributed by atoms with E-state index in [1.165, 1.54) is 26.2 Å². The number of halogens is 1. The molecule has 1 fully saturated rings. The number of carboxylic acids is 1. The second-order valence-electron chi connectivity index (χ2n) is 4.40. The topological polar surface area (TPSA) is 55.8 Å². The van der Waals surface area contributed by atoms with Gasteiger partial charge in [-0.25, -0.2) is 4.39 Å². The largest absolute Gasteiger partial charge is 0.493 e. The van der Waals surface area contributed by atoms with Crippen LogP contribution in [0.5, 0.6) is 11.5 Å². The normalized spacial score (nSPS) is 16.2. The minimum Gasteiger partial charge on any atom is -0.493 e. The quantitative estimate of drug-likeness (QED) is 0.877. The molecule has 0 radical (unpaired) electrons. The Kier molecular flexibility index (Phi) is 3.41. The zero-order valence-corrected chi connectivity index (χ0v) is 10.3.